The first-order valence-electron chi connectivity index (χ1n) is 8.56. The molecule has 1 aliphatic rings. The minimum Gasteiger partial charge on any atom is -0.371 e. The molecule has 0 spiro atoms. The van der Waals surface area contributed by atoms with E-state index in [1.807, 2.05) is 42.5 Å². The zero-order valence-corrected chi connectivity index (χ0v) is 15.8. The quantitative estimate of drug-likeness (QED) is 0.838. The molecule has 3 rings (SSSR count). The molecule has 2 aromatic carbocycles. The van der Waals surface area contributed by atoms with Gasteiger partial charge in [0.15, 0.2) is 0 Å². The van der Waals surface area contributed by atoms with Crippen molar-refractivity contribution in [2.45, 2.75) is 37.2 Å². The predicted molar refractivity (Wildman–Crippen MR) is 99.0 cm³/mol. The number of hydrogen-bond donors (Lipinski definition) is 0. The number of sulfonamides is 1. The van der Waals surface area contributed by atoms with E-state index >= 15 is 0 Å². The molecule has 5 heteroatoms. The average molecular weight is 359 g/mol. The molecule has 1 aliphatic heterocycles. The summed E-state index contributed by atoms with van der Waals surface area (Å²) in [7, 11) is -3.51. The standard InChI is InChI=1S/C20H25NO3S/c1-20(2,3)17-9-11-18(12-10-17)25(22,23)21-13-14-24-19(15-21)16-7-5-4-6-8-16/h4-12,19H,13-15H2,1-3H3. The lowest BCUT2D eigenvalue weighted by Crippen LogP contribution is -2.42. The Kier molecular flexibility index (Phi) is 5.00. The van der Waals surface area contributed by atoms with Crippen LogP contribution in [-0.4, -0.2) is 32.4 Å². The van der Waals surface area contributed by atoms with Gasteiger partial charge in [0.25, 0.3) is 0 Å². The Labute approximate surface area is 150 Å². The maximum atomic E-state index is 13.0. The monoisotopic (exact) mass is 359 g/mol. The van der Waals surface area contributed by atoms with Crippen LogP contribution >= 0.6 is 0 Å². The fourth-order valence-corrected chi connectivity index (χ4v) is 4.41. The van der Waals surface area contributed by atoms with Crippen molar-refractivity contribution < 1.29 is 13.2 Å². The summed E-state index contributed by atoms with van der Waals surface area (Å²) in [6.07, 6.45) is -0.224. The van der Waals surface area contributed by atoms with Crippen LogP contribution in [0.3, 0.4) is 0 Å². The highest BCUT2D eigenvalue weighted by molar-refractivity contribution is 7.89. The number of hydrogen-bond acceptors (Lipinski definition) is 3. The minimum atomic E-state index is -3.51. The first-order chi connectivity index (χ1) is 11.8. The van der Waals surface area contributed by atoms with Gasteiger partial charge < -0.3 is 4.74 Å². The third-order valence-electron chi connectivity index (χ3n) is 4.56. The van der Waals surface area contributed by atoms with E-state index in [0.717, 1.165) is 11.1 Å². The molecule has 0 N–H and O–H groups in total. The molecule has 1 heterocycles. The zero-order chi connectivity index (χ0) is 18.1. The number of rotatable bonds is 3. The Bertz CT molecular complexity index is 808. The first kappa shape index (κ1) is 18.1. The van der Waals surface area contributed by atoms with E-state index in [1.54, 1.807) is 12.1 Å². The normalized spacial score (nSPS) is 19.7. The predicted octanol–water partition coefficient (Wildman–Crippen LogP) is 3.75. The van der Waals surface area contributed by atoms with E-state index in [1.165, 1.54) is 4.31 Å². The van der Waals surface area contributed by atoms with Crippen molar-refractivity contribution >= 4 is 10.0 Å². The summed E-state index contributed by atoms with van der Waals surface area (Å²) in [6.45, 7) is 7.47. The van der Waals surface area contributed by atoms with E-state index < -0.39 is 10.0 Å². The van der Waals surface area contributed by atoms with Crippen LogP contribution in [-0.2, 0) is 20.2 Å². The van der Waals surface area contributed by atoms with Crippen LogP contribution in [0.15, 0.2) is 59.5 Å². The molecule has 0 saturated carbocycles. The number of morpholine rings is 1. The molecule has 25 heavy (non-hydrogen) atoms. The molecule has 0 bridgehead atoms. The Balaban J connectivity index is 1.82. The highest BCUT2D eigenvalue weighted by Crippen LogP contribution is 2.28. The van der Waals surface area contributed by atoms with Gasteiger partial charge >= 0.3 is 0 Å². The molecule has 0 aromatic heterocycles. The van der Waals surface area contributed by atoms with Crippen LogP contribution in [0.25, 0.3) is 0 Å². The van der Waals surface area contributed by atoms with Crippen molar-refractivity contribution in [3.8, 4) is 0 Å². The lowest BCUT2D eigenvalue weighted by molar-refractivity contribution is -0.00255. The molecule has 1 saturated heterocycles. The van der Waals surface area contributed by atoms with Crippen molar-refractivity contribution in [3.05, 3.63) is 65.7 Å². The fraction of sp³-hybridized carbons (Fsp3) is 0.400. The zero-order valence-electron chi connectivity index (χ0n) is 15.0. The lowest BCUT2D eigenvalue weighted by atomic mass is 9.87. The number of ether oxygens (including phenoxy) is 1. The molecule has 2 aromatic rings. The summed E-state index contributed by atoms with van der Waals surface area (Å²) < 4.78 is 33.3. The Hall–Kier alpha value is -1.69. The highest BCUT2D eigenvalue weighted by Gasteiger charge is 2.31. The van der Waals surface area contributed by atoms with E-state index in [2.05, 4.69) is 20.8 Å². The van der Waals surface area contributed by atoms with Gasteiger partial charge in [-0.3, -0.25) is 0 Å². The minimum absolute atomic E-state index is 0.000336. The topological polar surface area (TPSA) is 46.6 Å². The molecule has 1 atom stereocenters. The first-order valence-corrected chi connectivity index (χ1v) is 10.00. The molecule has 4 nitrogen and oxygen atoms in total. The van der Waals surface area contributed by atoms with Gasteiger partial charge in [-0.2, -0.15) is 4.31 Å². The molecule has 0 amide bonds. The SMILES string of the molecule is CC(C)(C)c1ccc(S(=O)(=O)N2CCOC(c3ccccc3)C2)cc1. The maximum Gasteiger partial charge on any atom is 0.243 e. The van der Waals surface area contributed by atoms with Crippen LogP contribution in [0.5, 0.6) is 0 Å². The maximum absolute atomic E-state index is 13.0. The largest absolute Gasteiger partial charge is 0.371 e. The van der Waals surface area contributed by atoms with Crippen LogP contribution in [0, 0.1) is 0 Å². The van der Waals surface area contributed by atoms with Gasteiger partial charge in [-0.05, 0) is 28.7 Å². The smallest absolute Gasteiger partial charge is 0.243 e. The number of nitrogens with zero attached hydrogens (tertiary/aromatic N) is 1. The molecule has 0 radical (unpaired) electrons. The summed E-state index contributed by atoms with van der Waals surface area (Å²) in [6, 6.07) is 17.0. The molecule has 0 aliphatic carbocycles. The molecular formula is C20H25NO3S. The summed E-state index contributed by atoms with van der Waals surface area (Å²) in [5.74, 6) is 0. The second-order valence-electron chi connectivity index (χ2n) is 7.41. The third-order valence-corrected chi connectivity index (χ3v) is 6.44. The van der Waals surface area contributed by atoms with Crippen LogP contribution in [0.1, 0.15) is 38.0 Å². The summed E-state index contributed by atoms with van der Waals surface area (Å²) >= 11 is 0. The second kappa shape index (κ2) is 6.90. The van der Waals surface area contributed by atoms with E-state index in [0.29, 0.717) is 24.6 Å². The number of benzene rings is 2. The van der Waals surface area contributed by atoms with Crippen molar-refractivity contribution in [2.24, 2.45) is 0 Å². The Morgan fingerprint density at radius 1 is 1.00 bits per heavy atom. The van der Waals surface area contributed by atoms with Crippen molar-refractivity contribution in [2.75, 3.05) is 19.7 Å². The van der Waals surface area contributed by atoms with Gasteiger partial charge in [-0.15, -0.1) is 0 Å². The Morgan fingerprint density at radius 2 is 1.64 bits per heavy atom. The van der Waals surface area contributed by atoms with Crippen LogP contribution < -0.4 is 0 Å². The molecule has 1 unspecified atom stereocenters. The summed E-state index contributed by atoms with van der Waals surface area (Å²) in [5.41, 5.74) is 2.13. The van der Waals surface area contributed by atoms with E-state index in [9.17, 15) is 8.42 Å². The summed E-state index contributed by atoms with van der Waals surface area (Å²) in [5, 5.41) is 0. The lowest BCUT2D eigenvalue weighted by Gasteiger charge is -2.32. The molecular weight excluding hydrogens is 334 g/mol. The van der Waals surface area contributed by atoms with Gasteiger partial charge in [0.1, 0.15) is 0 Å². The van der Waals surface area contributed by atoms with Gasteiger partial charge in [-0.25, -0.2) is 8.42 Å². The van der Waals surface area contributed by atoms with Gasteiger partial charge in [0.05, 0.1) is 17.6 Å². The summed E-state index contributed by atoms with van der Waals surface area (Å²) in [4.78, 5) is 0.342. The van der Waals surface area contributed by atoms with Crippen LogP contribution in [0.2, 0.25) is 0 Å². The second-order valence-corrected chi connectivity index (χ2v) is 9.35. The van der Waals surface area contributed by atoms with Gasteiger partial charge in [0, 0.05) is 13.1 Å². The fourth-order valence-electron chi connectivity index (χ4n) is 2.99. The molecule has 1 fully saturated rings. The van der Waals surface area contributed by atoms with Gasteiger partial charge in [-0.1, -0.05) is 63.2 Å². The van der Waals surface area contributed by atoms with Crippen LogP contribution in [0.4, 0.5) is 0 Å². The van der Waals surface area contributed by atoms with E-state index in [4.69, 9.17) is 4.74 Å². The average Bonchev–Trinajstić information content (AvgIpc) is 2.62. The van der Waals surface area contributed by atoms with Crippen molar-refractivity contribution in [1.29, 1.82) is 0 Å². The van der Waals surface area contributed by atoms with Gasteiger partial charge in [0.2, 0.25) is 10.0 Å². The van der Waals surface area contributed by atoms with E-state index in [-0.39, 0.29) is 11.5 Å². The van der Waals surface area contributed by atoms with Crippen molar-refractivity contribution in [1.82, 2.24) is 4.31 Å². The highest BCUT2D eigenvalue weighted by atomic mass is 32.2. The molecule has 134 valence electrons. The Morgan fingerprint density at radius 3 is 2.24 bits per heavy atom. The third kappa shape index (κ3) is 3.94. The van der Waals surface area contributed by atoms with Crippen molar-refractivity contribution in [3.63, 3.8) is 0 Å².